The quantitative estimate of drug-likeness (QED) is 0.769. The van der Waals surface area contributed by atoms with Crippen LogP contribution in [0.3, 0.4) is 0 Å². The summed E-state index contributed by atoms with van der Waals surface area (Å²) in [5, 5.41) is 7.31. The molecule has 1 saturated heterocycles. The van der Waals surface area contributed by atoms with Crippen LogP contribution in [0, 0.1) is 12.3 Å². The Hall–Kier alpha value is -1.32. The van der Waals surface area contributed by atoms with Crippen LogP contribution in [0.4, 0.5) is 0 Å². The summed E-state index contributed by atoms with van der Waals surface area (Å²) in [4.78, 5) is 12.0. The fourth-order valence-electron chi connectivity index (χ4n) is 3.27. The Morgan fingerprint density at radius 2 is 2.31 bits per heavy atom. The topological polar surface area (TPSA) is 46.9 Å². The molecule has 2 fully saturated rings. The highest BCUT2D eigenvalue weighted by atomic mass is 16.2. The Kier molecular flexibility index (Phi) is 1.91. The fourth-order valence-corrected chi connectivity index (χ4v) is 3.27. The van der Waals surface area contributed by atoms with Crippen molar-refractivity contribution in [3.05, 3.63) is 17.5 Å². The van der Waals surface area contributed by atoms with Crippen molar-refractivity contribution in [2.75, 3.05) is 6.54 Å². The molecule has 1 atom stereocenters. The molecule has 0 bridgehead atoms. The average Bonchev–Trinajstić information content (AvgIpc) is 2.67. The van der Waals surface area contributed by atoms with Gasteiger partial charge in [-0.15, -0.1) is 0 Å². The Bertz CT molecular complexity index is 426. The normalized spacial score (nSPS) is 26.9. The van der Waals surface area contributed by atoms with Crippen molar-refractivity contribution in [1.29, 1.82) is 0 Å². The van der Waals surface area contributed by atoms with Gasteiger partial charge in [-0.1, -0.05) is 6.42 Å². The zero-order valence-corrected chi connectivity index (χ0v) is 9.79. The molecular formula is C12H17N3O. The van der Waals surface area contributed by atoms with Gasteiger partial charge in [-0.3, -0.25) is 9.48 Å². The third-order valence-corrected chi connectivity index (χ3v) is 4.34. The maximum absolute atomic E-state index is 12.0. The second-order valence-electron chi connectivity index (χ2n) is 5.11. The summed E-state index contributed by atoms with van der Waals surface area (Å²) < 4.78 is 1.93. The van der Waals surface area contributed by atoms with Gasteiger partial charge in [0.05, 0.1) is 11.6 Å². The SMILES string of the molecule is Cc1cnn(C)c1C1CNC(=O)C12CCC2. The van der Waals surface area contributed by atoms with Crippen LogP contribution in [-0.2, 0) is 11.8 Å². The fraction of sp³-hybridized carbons (Fsp3) is 0.667. The predicted molar refractivity (Wildman–Crippen MR) is 60.0 cm³/mol. The summed E-state index contributed by atoms with van der Waals surface area (Å²) in [6.45, 7) is 2.86. The average molecular weight is 219 g/mol. The van der Waals surface area contributed by atoms with Crippen LogP contribution in [0.15, 0.2) is 6.20 Å². The van der Waals surface area contributed by atoms with Crippen LogP contribution in [-0.4, -0.2) is 22.2 Å². The van der Waals surface area contributed by atoms with Crippen molar-refractivity contribution < 1.29 is 4.79 Å². The van der Waals surface area contributed by atoms with Crippen LogP contribution in [0.2, 0.25) is 0 Å². The van der Waals surface area contributed by atoms with Gasteiger partial charge in [0.15, 0.2) is 0 Å². The second kappa shape index (κ2) is 3.09. The van der Waals surface area contributed by atoms with E-state index >= 15 is 0 Å². The first kappa shape index (κ1) is 9.87. The lowest BCUT2D eigenvalue weighted by Gasteiger charge is -2.40. The van der Waals surface area contributed by atoms with E-state index in [-0.39, 0.29) is 11.3 Å². The number of nitrogens with one attached hydrogen (secondary N) is 1. The number of amides is 1. The van der Waals surface area contributed by atoms with Crippen LogP contribution >= 0.6 is 0 Å². The van der Waals surface area contributed by atoms with Crippen LogP contribution < -0.4 is 5.32 Å². The lowest BCUT2D eigenvalue weighted by atomic mass is 9.61. The smallest absolute Gasteiger partial charge is 0.226 e. The number of carbonyl (C=O) groups excluding carboxylic acids is 1. The van der Waals surface area contributed by atoms with E-state index in [1.807, 2.05) is 17.9 Å². The summed E-state index contributed by atoms with van der Waals surface area (Å²) in [6.07, 6.45) is 5.15. The standard InChI is InChI=1S/C12H17N3O/c1-8-6-14-15(2)10(8)9-7-13-11(16)12(9)4-3-5-12/h6,9H,3-5,7H2,1-2H3,(H,13,16). The number of rotatable bonds is 1. The van der Waals surface area contributed by atoms with E-state index < -0.39 is 0 Å². The van der Waals surface area contributed by atoms with Gasteiger partial charge >= 0.3 is 0 Å². The van der Waals surface area contributed by atoms with Gasteiger partial charge in [0.1, 0.15) is 0 Å². The Balaban J connectivity index is 2.05. The van der Waals surface area contributed by atoms with Gasteiger partial charge in [0.25, 0.3) is 0 Å². The molecule has 1 aromatic rings. The molecule has 0 radical (unpaired) electrons. The number of nitrogens with zero attached hydrogens (tertiary/aromatic N) is 2. The van der Waals surface area contributed by atoms with E-state index in [9.17, 15) is 4.79 Å². The largest absolute Gasteiger partial charge is 0.355 e. The van der Waals surface area contributed by atoms with E-state index in [1.54, 1.807) is 0 Å². The van der Waals surface area contributed by atoms with Gasteiger partial charge in [-0.2, -0.15) is 5.10 Å². The van der Waals surface area contributed by atoms with Gasteiger partial charge in [0.2, 0.25) is 5.91 Å². The molecule has 4 nitrogen and oxygen atoms in total. The van der Waals surface area contributed by atoms with E-state index in [4.69, 9.17) is 0 Å². The summed E-state index contributed by atoms with van der Waals surface area (Å²) >= 11 is 0. The molecule has 1 aromatic heterocycles. The maximum atomic E-state index is 12.0. The van der Waals surface area contributed by atoms with Crippen LogP contribution in [0.5, 0.6) is 0 Å². The highest BCUT2D eigenvalue weighted by molar-refractivity contribution is 5.87. The van der Waals surface area contributed by atoms with Crippen molar-refractivity contribution in [2.24, 2.45) is 12.5 Å². The van der Waals surface area contributed by atoms with E-state index in [1.165, 1.54) is 17.7 Å². The molecule has 1 aliphatic carbocycles. The molecule has 1 N–H and O–H groups in total. The van der Waals surface area contributed by atoms with E-state index in [2.05, 4.69) is 17.3 Å². The minimum absolute atomic E-state index is 0.113. The molecule has 86 valence electrons. The molecule has 4 heteroatoms. The van der Waals surface area contributed by atoms with Crippen molar-refractivity contribution >= 4 is 5.91 Å². The molecule has 1 aliphatic heterocycles. The summed E-state index contributed by atoms with van der Waals surface area (Å²) in [5.41, 5.74) is 2.33. The highest BCUT2D eigenvalue weighted by Gasteiger charge is 2.55. The molecule has 1 unspecified atom stereocenters. The number of hydrogen-bond acceptors (Lipinski definition) is 2. The number of hydrogen-bond donors (Lipinski definition) is 1. The van der Waals surface area contributed by atoms with Crippen molar-refractivity contribution in [2.45, 2.75) is 32.1 Å². The van der Waals surface area contributed by atoms with Gasteiger partial charge in [-0.25, -0.2) is 0 Å². The first-order valence-electron chi connectivity index (χ1n) is 5.92. The molecule has 16 heavy (non-hydrogen) atoms. The Morgan fingerprint density at radius 1 is 1.56 bits per heavy atom. The first-order valence-corrected chi connectivity index (χ1v) is 5.92. The van der Waals surface area contributed by atoms with E-state index in [0.717, 1.165) is 19.4 Å². The van der Waals surface area contributed by atoms with Gasteiger partial charge in [0, 0.05) is 25.2 Å². The summed E-state index contributed by atoms with van der Waals surface area (Å²) in [7, 11) is 1.97. The third kappa shape index (κ3) is 1.05. The lowest BCUT2D eigenvalue weighted by molar-refractivity contribution is -0.132. The number of aryl methyl sites for hydroxylation is 2. The Morgan fingerprint density at radius 3 is 2.81 bits per heavy atom. The van der Waals surface area contributed by atoms with Gasteiger partial charge in [-0.05, 0) is 25.3 Å². The van der Waals surface area contributed by atoms with Crippen molar-refractivity contribution in [1.82, 2.24) is 15.1 Å². The van der Waals surface area contributed by atoms with Crippen molar-refractivity contribution in [3.8, 4) is 0 Å². The summed E-state index contributed by atoms with van der Waals surface area (Å²) in [6, 6.07) is 0. The van der Waals surface area contributed by atoms with E-state index in [0.29, 0.717) is 5.92 Å². The third-order valence-electron chi connectivity index (χ3n) is 4.34. The molecule has 2 heterocycles. The lowest BCUT2D eigenvalue weighted by Crippen LogP contribution is -2.41. The first-order chi connectivity index (χ1) is 7.65. The zero-order valence-electron chi connectivity index (χ0n) is 9.79. The minimum atomic E-state index is -0.113. The number of carbonyl (C=O) groups is 1. The van der Waals surface area contributed by atoms with Crippen molar-refractivity contribution in [3.63, 3.8) is 0 Å². The molecule has 3 rings (SSSR count). The molecule has 2 aliphatic rings. The monoisotopic (exact) mass is 219 g/mol. The van der Waals surface area contributed by atoms with Crippen LogP contribution in [0.1, 0.15) is 36.4 Å². The predicted octanol–water partition coefficient (Wildman–Crippen LogP) is 1.11. The molecule has 1 saturated carbocycles. The highest BCUT2D eigenvalue weighted by Crippen LogP contribution is 2.54. The minimum Gasteiger partial charge on any atom is -0.355 e. The Labute approximate surface area is 95.0 Å². The number of aromatic nitrogens is 2. The molecule has 1 amide bonds. The molecule has 0 aromatic carbocycles. The van der Waals surface area contributed by atoms with Gasteiger partial charge < -0.3 is 5.32 Å². The maximum Gasteiger partial charge on any atom is 0.226 e. The molecular weight excluding hydrogens is 202 g/mol. The summed E-state index contributed by atoms with van der Waals surface area (Å²) in [5.74, 6) is 0.575. The zero-order chi connectivity index (χ0) is 11.3. The molecule has 1 spiro atoms. The van der Waals surface area contributed by atoms with Crippen LogP contribution in [0.25, 0.3) is 0 Å². The second-order valence-corrected chi connectivity index (χ2v) is 5.11.